The van der Waals surface area contributed by atoms with Gasteiger partial charge >= 0.3 is 0 Å². The summed E-state index contributed by atoms with van der Waals surface area (Å²) >= 11 is 0. The standard InChI is InChI=1S/C16H30N2O/c1-14(2)12-18(15-8-9-15)16(19)13-17-10-6-4-3-5-7-11-17/h14-15H,3-13H2,1-2H3. The van der Waals surface area contributed by atoms with Gasteiger partial charge < -0.3 is 4.90 Å². The Labute approximate surface area is 118 Å². The molecule has 2 rings (SSSR count). The molecule has 1 heterocycles. The maximum absolute atomic E-state index is 12.5. The van der Waals surface area contributed by atoms with Crippen LogP contribution in [-0.4, -0.2) is 47.9 Å². The van der Waals surface area contributed by atoms with Crippen LogP contribution in [0.15, 0.2) is 0 Å². The fourth-order valence-corrected chi connectivity index (χ4v) is 2.99. The minimum Gasteiger partial charge on any atom is -0.338 e. The summed E-state index contributed by atoms with van der Waals surface area (Å²) in [6, 6.07) is 0.560. The van der Waals surface area contributed by atoms with Gasteiger partial charge in [0.25, 0.3) is 0 Å². The minimum atomic E-state index is 0.372. The van der Waals surface area contributed by atoms with Gasteiger partial charge in [0.15, 0.2) is 0 Å². The Kier molecular flexibility index (Phi) is 5.68. The zero-order valence-electron chi connectivity index (χ0n) is 12.7. The van der Waals surface area contributed by atoms with Gasteiger partial charge in [-0.05, 0) is 44.7 Å². The Morgan fingerprint density at radius 2 is 1.68 bits per heavy atom. The van der Waals surface area contributed by atoms with Crippen LogP contribution < -0.4 is 0 Å². The van der Waals surface area contributed by atoms with Crippen molar-refractivity contribution >= 4 is 5.91 Å². The SMILES string of the molecule is CC(C)CN(C(=O)CN1CCCCCCC1)C1CC1. The summed E-state index contributed by atoms with van der Waals surface area (Å²) in [6.07, 6.45) is 9.02. The molecule has 2 aliphatic rings. The molecule has 1 aliphatic heterocycles. The largest absolute Gasteiger partial charge is 0.338 e. The highest BCUT2D eigenvalue weighted by molar-refractivity contribution is 5.79. The lowest BCUT2D eigenvalue weighted by Gasteiger charge is -2.29. The summed E-state index contributed by atoms with van der Waals surface area (Å²) in [6.45, 7) is 8.25. The van der Waals surface area contributed by atoms with Crippen molar-refractivity contribution in [3.8, 4) is 0 Å². The van der Waals surface area contributed by atoms with Crippen molar-refractivity contribution < 1.29 is 4.79 Å². The van der Waals surface area contributed by atoms with E-state index in [1.807, 2.05) is 0 Å². The Bertz CT molecular complexity index is 278. The number of likely N-dealkylation sites (tertiary alicyclic amines) is 1. The van der Waals surface area contributed by atoms with E-state index in [1.165, 1.54) is 44.9 Å². The lowest BCUT2D eigenvalue weighted by Crippen LogP contribution is -2.43. The number of amides is 1. The van der Waals surface area contributed by atoms with Gasteiger partial charge in [0, 0.05) is 12.6 Å². The van der Waals surface area contributed by atoms with Crippen LogP contribution in [0.5, 0.6) is 0 Å². The first-order valence-electron chi connectivity index (χ1n) is 8.18. The summed E-state index contributed by atoms with van der Waals surface area (Å²) in [5, 5.41) is 0. The second-order valence-corrected chi connectivity index (χ2v) is 6.72. The molecule has 110 valence electrons. The van der Waals surface area contributed by atoms with Crippen LogP contribution in [0.4, 0.5) is 0 Å². The zero-order chi connectivity index (χ0) is 13.7. The van der Waals surface area contributed by atoms with Gasteiger partial charge in [0.1, 0.15) is 0 Å². The highest BCUT2D eigenvalue weighted by Crippen LogP contribution is 2.27. The number of carbonyl (C=O) groups is 1. The van der Waals surface area contributed by atoms with Crippen molar-refractivity contribution in [1.82, 2.24) is 9.80 Å². The maximum Gasteiger partial charge on any atom is 0.237 e. The highest BCUT2D eigenvalue weighted by atomic mass is 16.2. The van der Waals surface area contributed by atoms with Crippen molar-refractivity contribution in [2.45, 2.75) is 64.8 Å². The van der Waals surface area contributed by atoms with Crippen LogP contribution in [-0.2, 0) is 4.79 Å². The Morgan fingerprint density at radius 1 is 1.11 bits per heavy atom. The maximum atomic E-state index is 12.5. The van der Waals surface area contributed by atoms with Gasteiger partial charge in [-0.25, -0.2) is 0 Å². The summed E-state index contributed by atoms with van der Waals surface area (Å²) < 4.78 is 0. The number of nitrogens with zero attached hydrogens (tertiary/aromatic N) is 2. The van der Waals surface area contributed by atoms with E-state index in [2.05, 4.69) is 23.6 Å². The molecule has 0 spiro atoms. The molecule has 1 saturated heterocycles. The molecule has 3 nitrogen and oxygen atoms in total. The second-order valence-electron chi connectivity index (χ2n) is 6.72. The normalized spacial score (nSPS) is 22.1. The Balaban J connectivity index is 1.82. The lowest BCUT2D eigenvalue weighted by molar-refractivity contribution is -0.133. The van der Waals surface area contributed by atoms with Gasteiger partial charge in [-0.1, -0.05) is 33.1 Å². The van der Waals surface area contributed by atoms with Crippen molar-refractivity contribution in [2.75, 3.05) is 26.2 Å². The first-order chi connectivity index (χ1) is 9.16. The van der Waals surface area contributed by atoms with Crippen LogP contribution >= 0.6 is 0 Å². The molecule has 0 aromatic heterocycles. The van der Waals surface area contributed by atoms with E-state index < -0.39 is 0 Å². The van der Waals surface area contributed by atoms with Gasteiger partial charge in [0.2, 0.25) is 5.91 Å². The van der Waals surface area contributed by atoms with E-state index >= 15 is 0 Å². The monoisotopic (exact) mass is 266 g/mol. The summed E-state index contributed by atoms with van der Waals surface area (Å²) in [7, 11) is 0. The van der Waals surface area contributed by atoms with Crippen molar-refractivity contribution in [3.05, 3.63) is 0 Å². The second kappa shape index (κ2) is 7.28. The average Bonchev–Trinajstić information content (AvgIpc) is 3.13. The number of hydrogen-bond acceptors (Lipinski definition) is 2. The summed E-state index contributed by atoms with van der Waals surface area (Å²) in [5.74, 6) is 0.952. The molecule has 0 aromatic rings. The van der Waals surface area contributed by atoms with Crippen molar-refractivity contribution in [3.63, 3.8) is 0 Å². The molecule has 1 amide bonds. The van der Waals surface area contributed by atoms with Crippen LogP contribution in [0.2, 0.25) is 0 Å². The van der Waals surface area contributed by atoms with Crippen LogP contribution in [0.1, 0.15) is 58.8 Å². The lowest BCUT2D eigenvalue weighted by atomic mass is 10.1. The highest BCUT2D eigenvalue weighted by Gasteiger charge is 2.33. The fraction of sp³-hybridized carbons (Fsp3) is 0.938. The first kappa shape index (κ1) is 14.8. The number of carbonyl (C=O) groups excluding carboxylic acids is 1. The van der Waals surface area contributed by atoms with E-state index in [4.69, 9.17) is 0 Å². The van der Waals surface area contributed by atoms with Crippen LogP contribution in [0.25, 0.3) is 0 Å². The Hall–Kier alpha value is -0.570. The molecule has 0 N–H and O–H groups in total. The van der Waals surface area contributed by atoms with Crippen LogP contribution in [0, 0.1) is 5.92 Å². The predicted molar refractivity (Wildman–Crippen MR) is 79.1 cm³/mol. The van der Waals surface area contributed by atoms with E-state index in [1.54, 1.807) is 0 Å². The van der Waals surface area contributed by atoms with E-state index in [9.17, 15) is 4.79 Å². The average molecular weight is 266 g/mol. The minimum absolute atomic E-state index is 0.372. The van der Waals surface area contributed by atoms with Gasteiger partial charge in [-0.3, -0.25) is 9.69 Å². The molecule has 0 unspecified atom stereocenters. The molecular formula is C16H30N2O. The van der Waals surface area contributed by atoms with Crippen LogP contribution in [0.3, 0.4) is 0 Å². The van der Waals surface area contributed by atoms with Crippen molar-refractivity contribution in [2.24, 2.45) is 5.92 Å². The summed E-state index contributed by atoms with van der Waals surface area (Å²) in [4.78, 5) is 17.1. The molecule has 0 bridgehead atoms. The zero-order valence-corrected chi connectivity index (χ0v) is 12.7. The predicted octanol–water partition coefficient (Wildman–Crippen LogP) is 2.90. The third kappa shape index (κ3) is 5.13. The summed E-state index contributed by atoms with van der Waals surface area (Å²) in [5.41, 5.74) is 0. The Morgan fingerprint density at radius 3 is 2.21 bits per heavy atom. The molecule has 1 saturated carbocycles. The number of rotatable bonds is 5. The molecule has 2 fully saturated rings. The number of hydrogen-bond donors (Lipinski definition) is 0. The van der Waals surface area contributed by atoms with E-state index in [0.29, 0.717) is 24.4 Å². The molecule has 0 atom stereocenters. The molecule has 3 heteroatoms. The fourth-order valence-electron chi connectivity index (χ4n) is 2.99. The molecule has 0 aromatic carbocycles. The van der Waals surface area contributed by atoms with Gasteiger partial charge in [-0.2, -0.15) is 0 Å². The third-order valence-electron chi connectivity index (χ3n) is 4.18. The molecule has 1 aliphatic carbocycles. The quantitative estimate of drug-likeness (QED) is 0.764. The van der Waals surface area contributed by atoms with E-state index in [-0.39, 0.29) is 0 Å². The van der Waals surface area contributed by atoms with Gasteiger partial charge in [0.05, 0.1) is 6.54 Å². The van der Waals surface area contributed by atoms with Gasteiger partial charge in [-0.15, -0.1) is 0 Å². The molecule has 0 radical (unpaired) electrons. The smallest absolute Gasteiger partial charge is 0.237 e. The first-order valence-corrected chi connectivity index (χ1v) is 8.18. The molecular weight excluding hydrogens is 236 g/mol. The molecule has 19 heavy (non-hydrogen) atoms. The topological polar surface area (TPSA) is 23.6 Å². The van der Waals surface area contributed by atoms with Crippen molar-refractivity contribution in [1.29, 1.82) is 0 Å². The van der Waals surface area contributed by atoms with E-state index in [0.717, 1.165) is 19.6 Å². The third-order valence-corrected chi connectivity index (χ3v) is 4.18.